The molecule has 136 heavy (non-hydrogen) atoms. The Morgan fingerprint density at radius 1 is 0.118 bits per heavy atom. The largest absolute Gasteiger partial charge is 0.309 e. The summed E-state index contributed by atoms with van der Waals surface area (Å²) in [6.45, 7) is 0. The van der Waals surface area contributed by atoms with Crippen LogP contribution in [-0.4, -0.2) is 27.4 Å². The minimum absolute atomic E-state index is 0.525. The molecule has 6 aromatic heterocycles. The second kappa shape index (κ2) is 33.1. The quantitative estimate of drug-likeness (QED) is 0.117. The summed E-state index contributed by atoms with van der Waals surface area (Å²) in [5.41, 5.74) is 35.8. The highest BCUT2D eigenvalue weighted by Crippen LogP contribution is 2.45. The van der Waals surface area contributed by atoms with Crippen LogP contribution in [0, 0.1) is 0 Å². The van der Waals surface area contributed by atoms with Crippen molar-refractivity contribution in [3.63, 3.8) is 0 Å². The molecule has 0 unspecified atom stereocenters. The fourth-order valence-electron chi connectivity index (χ4n) is 21.5. The Morgan fingerprint density at radius 2 is 0.338 bits per heavy atom. The molecule has 0 saturated heterocycles. The third-order valence-corrected chi connectivity index (χ3v) is 27.7. The molecule has 6 heteroatoms. The molecule has 0 saturated carbocycles. The molecule has 0 fully saturated rings. The van der Waals surface area contributed by atoms with Gasteiger partial charge >= 0.3 is 0 Å². The first-order valence-electron chi connectivity index (χ1n) is 47.2. The first-order valence-corrected chi connectivity index (χ1v) is 46.7. The zero-order chi connectivity index (χ0) is 90.5. The average molecular weight is 1730 g/mol. The van der Waals surface area contributed by atoms with Gasteiger partial charge in [-0.3, -0.25) is 0 Å². The molecule has 28 rings (SSSR count). The van der Waals surface area contributed by atoms with E-state index in [4.69, 9.17) is 1.37 Å². The summed E-state index contributed by atoms with van der Waals surface area (Å²) in [5.74, 6) is 0. The smallest absolute Gasteiger partial charge is 0.0623 e. The van der Waals surface area contributed by atoms with Crippen LogP contribution in [0.3, 0.4) is 0 Å². The highest BCUT2D eigenvalue weighted by Gasteiger charge is 2.23. The van der Waals surface area contributed by atoms with Gasteiger partial charge in [-0.1, -0.05) is 358 Å². The van der Waals surface area contributed by atoms with Crippen molar-refractivity contribution in [2.45, 2.75) is 0 Å². The van der Waals surface area contributed by atoms with Crippen molar-refractivity contribution in [2.24, 2.45) is 0 Å². The number of aromatic nitrogens is 6. The van der Waals surface area contributed by atoms with Crippen LogP contribution < -0.4 is 0 Å². The molecule has 0 amide bonds. The number of fused-ring (bicyclic) bond motifs is 19. The van der Waals surface area contributed by atoms with Crippen molar-refractivity contribution in [1.82, 2.24) is 27.4 Å². The Morgan fingerprint density at radius 3 is 0.706 bits per heavy atom. The lowest BCUT2D eigenvalue weighted by Crippen LogP contribution is -2.00. The van der Waals surface area contributed by atoms with Gasteiger partial charge in [0.15, 0.2) is 0 Å². The van der Waals surface area contributed by atoms with E-state index in [1.54, 1.807) is 0 Å². The highest BCUT2D eigenvalue weighted by molar-refractivity contribution is 6.17. The SMILES string of the molecule is [2H]c1ccc(-c2ccc(-n3c4ccccc4c4cc(-c5ccc6c(c5)c5ccccc5n6-c5cccc(-c6ccccc6)c5)ccc43)cc2)cc1.c1ccc(-c2ccc(-n3c4ccccc4c4cc(-c5ccc6c(c5)c5ccccc5n6-c5ccccc5)ccc43)cc2)cc1.c1ccc2c(-c3cc(-n4c5ccccc5c5ccccc54)cc(-n4c5ccccc5c5ccccc54)c3)cccc2c1. The van der Waals surface area contributed by atoms with Crippen molar-refractivity contribution in [3.8, 4) is 101 Å². The fraction of sp³-hybridized carbons (Fsp3) is 0. The summed E-state index contributed by atoms with van der Waals surface area (Å²) >= 11 is 0. The summed E-state index contributed by atoms with van der Waals surface area (Å²) in [5, 5.41) is 17.6. The molecule has 0 aliphatic carbocycles. The maximum atomic E-state index is 7.83. The molecule has 6 heterocycles. The Kier molecular flexibility index (Phi) is 18.9. The Labute approximate surface area is 787 Å². The molecule has 0 atom stereocenters. The van der Waals surface area contributed by atoms with Gasteiger partial charge in [-0.25, -0.2) is 0 Å². The summed E-state index contributed by atoms with van der Waals surface area (Å²) in [6, 6.07) is 186. The molecule has 0 aliphatic rings. The van der Waals surface area contributed by atoms with E-state index in [0.717, 1.165) is 33.9 Å². The van der Waals surface area contributed by atoms with E-state index in [0.29, 0.717) is 6.04 Å². The van der Waals surface area contributed by atoms with Gasteiger partial charge in [-0.05, 0) is 241 Å². The lowest BCUT2D eigenvalue weighted by Gasteiger charge is -2.16. The van der Waals surface area contributed by atoms with Crippen LogP contribution in [0.15, 0.2) is 522 Å². The van der Waals surface area contributed by atoms with Crippen LogP contribution in [-0.2, 0) is 0 Å². The number of rotatable bonds is 12. The minimum Gasteiger partial charge on any atom is -0.309 e. The van der Waals surface area contributed by atoms with E-state index < -0.39 is 0 Å². The number of hydrogen-bond acceptors (Lipinski definition) is 0. The molecule has 22 aromatic carbocycles. The third-order valence-electron chi connectivity index (χ3n) is 27.7. The maximum Gasteiger partial charge on any atom is 0.0623 e. The molecule has 0 radical (unpaired) electrons. The van der Waals surface area contributed by atoms with E-state index in [1.807, 2.05) is 24.3 Å². The molecule has 28 aromatic rings. The molecule has 0 spiro atoms. The van der Waals surface area contributed by atoms with Crippen LogP contribution in [0.4, 0.5) is 0 Å². The van der Waals surface area contributed by atoms with E-state index in [-0.39, 0.29) is 0 Å². The van der Waals surface area contributed by atoms with Crippen molar-refractivity contribution in [2.75, 3.05) is 0 Å². The Balaban J connectivity index is 0.000000107. The predicted octanol–water partition coefficient (Wildman–Crippen LogP) is 34.8. The molecule has 0 aliphatic heterocycles. The Bertz CT molecular complexity index is 9340. The molecule has 0 N–H and O–H groups in total. The van der Waals surface area contributed by atoms with Crippen molar-refractivity contribution in [1.29, 1.82) is 0 Å². The first-order chi connectivity index (χ1) is 67.9. The third kappa shape index (κ3) is 13.5. The Hall–Kier alpha value is -18.1. The zero-order valence-corrected chi connectivity index (χ0v) is 74.3. The lowest BCUT2D eigenvalue weighted by atomic mass is 9.97. The van der Waals surface area contributed by atoms with E-state index in [2.05, 4.69) is 519 Å². The zero-order valence-electron chi connectivity index (χ0n) is 75.3. The van der Waals surface area contributed by atoms with Gasteiger partial charge in [0.25, 0.3) is 0 Å². The maximum absolute atomic E-state index is 7.83. The minimum atomic E-state index is 0.525. The molecule has 636 valence electrons. The fourth-order valence-corrected chi connectivity index (χ4v) is 21.5. The number of nitrogens with zero attached hydrogens (tertiary/aromatic N) is 6. The van der Waals surface area contributed by atoms with Crippen molar-refractivity contribution in [3.05, 3.63) is 522 Å². The normalized spacial score (nSPS) is 11.8. The second-order valence-electron chi connectivity index (χ2n) is 35.3. The standard InChI is InChI=1S/C48H32N2.C42H28N2.C40H26N2/c1-3-12-33(13-4-1)35-22-26-39(27-23-35)49-45-20-9-7-18-41(45)43-31-37(24-28-47(43)49)38-25-29-48-44(32-38)42-19-8-10-21-46(42)50(48)40-17-11-16-36(30-40)34-14-5-2-6-15-34;1-3-11-29(12-4-1)30-19-23-34(24-20-30)44-40-18-10-8-16-36(40)38-28-32(22-26-42(38)44)31-21-25-41-37(27-31)35-15-7-9-17-39(35)43(41)33-13-5-2-6-14-33;1-2-14-31-27(12-1)13-11-19-32(31)28-24-29(41-37-20-7-3-15-33(37)34-16-4-8-21-38(34)41)26-30(25-28)42-39-22-9-5-17-35(39)36-18-6-10-23-40(36)42/h1-32H;1-28H;1-26H/i1D;;. The van der Waals surface area contributed by atoms with Crippen LogP contribution in [0.2, 0.25) is 0 Å². The molecular weight excluding hydrogens is 1650 g/mol. The van der Waals surface area contributed by atoms with Gasteiger partial charge < -0.3 is 27.4 Å². The second-order valence-corrected chi connectivity index (χ2v) is 35.3. The van der Waals surface area contributed by atoms with Gasteiger partial charge in [-0.15, -0.1) is 0 Å². The number of para-hydroxylation sites is 9. The summed E-state index contributed by atoms with van der Waals surface area (Å²) < 4.78 is 22.2. The van der Waals surface area contributed by atoms with E-state index in [9.17, 15) is 0 Å². The molecular formula is C130H86N6. The van der Waals surface area contributed by atoms with Crippen LogP contribution >= 0.6 is 0 Å². The van der Waals surface area contributed by atoms with E-state index >= 15 is 0 Å². The van der Waals surface area contributed by atoms with Crippen molar-refractivity contribution < 1.29 is 1.37 Å². The van der Waals surface area contributed by atoms with Crippen LogP contribution in [0.5, 0.6) is 0 Å². The first kappa shape index (κ1) is 77.8. The summed E-state index contributed by atoms with van der Waals surface area (Å²) in [4.78, 5) is 0. The molecule has 0 bridgehead atoms. The van der Waals surface area contributed by atoms with Gasteiger partial charge in [0.05, 0.1) is 67.6 Å². The topological polar surface area (TPSA) is 29.6 Å². The summed E-state index contributed by atoms with van der Waals surface area (Å²) in [7, 11) is 0. The van der Waals surface area contributed by atoms with Crippen molar-refractivity contribution >= 4 is 142 Å². The van der Waals surface area contributed by atoms with Gasteiger partial charge in [0.1, 0.15) is 0 Å². The van der Waals surface area contributed by atoms with Gasteiger partial charge in [0, 0.05) is 98.8 Å². The number of hydrogen-bond donors (Lipinski definition) is 0. The van der Waals surface area contributed by atoms with E-state index in [1.165, 1.54) is 209 Å². The predicted molar refractivity (Wildman–Crippen MR) is 575 cm³/mol. The average Bonchev–Trinajstić information content (AvgIpc) is 1.59. The lowest BCUT2D eigenvalue weighted by molar-refractivity contribution is 1.13. The van der Waals surface area contributed by atoms with Crippen LogP contribution in [0.25, 0.3) is 242 Å². The highest BCUT2D eigenvalue weighted by atomic mass is 15.0. The number of benzene rings is 22. The van der Waals surface area contributed by atoms with Gasteiger partial charge in [-0.2, -0.15) is 0 Å². The monoisotopic (exact) mass is 1730 g/mol. The molecule has 6 nitrogen and oxygen atoms in total. The summed E-state index contributed by atoms with van der Waals surface area (Å²) in [6.07, 6.45) is 0. The van der Waals surface area contributed by atoms with Gasteiger partial charge in [0.2, 0.25) is 0 Å². The van der Waals surface area contributed by atoms with Crippen LogP contribution in [0.1, 0.15) is 1.37 Å².